The zero-order valence-corrected chi connectivity index (χ0v) is 11.7. The molecule has 2 bridgehead atoms. The van der Waals surface area contributed by atoms with Crippen molar-refractivity contribution in [2.45, 2.75) is 23.4 Å². The Bertz CT molecular complexity index is 775. The second kappa shape index (κ2) is 4.25. The molecule has 2 atom stereocenters. The summed E-state index contributed by atoms with van der Waals surface area (Å²) < 4.78 is 27.2. The third-order valence-electron chi connectivity index (χ3n) is 4.22. The topological polar surface area (TPSA) is 62.3 Å². The molecule has 0 amide bonds. The molecule has 2 saturated heterocycles. The third-order valence-corrected chi connectivity index (χ3v) is 6.14. The second-order valence-corrected chi connectivity index (χ2v) is 7.34. The average Bonchev–Trinajstić information content (AvgIpc) is 3.09. The van der Waals surface area contributed by atoms with Gasteiger partial charge in [-0.05, 0) is 30.0 Å². The maximum Gasteiger partial charge on any atom is 0.243 e. The Morgan fingerprint density at radius 2 is 2.15 bits per heavy atom. The van der Waals surface area contributed by atoms with Gasteiger partial charge in [-0.25, -0.2) is 8.42 Å². The van der Waals surface area contributed by atoms with Crippen LogP contribution in [0.5, 0.6) is 0 Å². The standard InChI is InChI=1S/C14H15N3O2S/c18-20(19,17-9-12-6-13(17)8-16-12)14-2-1-11-7-15-4-3-10(11)5-14/h1-5,7,12-13,16H,6,8-9H2/t12-,13-/m1/s1. The monoisotopic (exact) mass is 289 g/mol. The van der Waals surface area contributed by atoms with E-state index in [4.69, 9.17) is 0 Å². The number of fused-ring (bicyclic) bond motifs is 3. The van der Waals surface area contributed by atoms with Gasteiger partial charge < -0.3 is 5.32 Å². The van der Waals surface area contributed by atoms with E-state index in [2.05, 4.69) is 10.3 Å². The van der Waals surface area contributed by atoms with Gasteiger partial charge >= 0.3 is 0 Å². The summed E-state index contributed by atoms with van der Waals surface area (Å²) >= 11 is 0. The van der Waals surface area contributed by atoms with Crippen molar-refractivity contribution in [2.75, 3.05) is 13.1 Å². The maximum atomic E-state index is 12.8. The van der Waals surface area contributed by atoms with Gasteiger partial charge in [-0.15, -0.1) is 0 Å². The molecule has 1 N–H and O–H groups in total. The maximum absolute atomic E-state index is 12.8. The number of hydrogen-bond donors (Lipinski definition) is 1. The van der Waals surface area contributed by atoms with Crippen LogP contribution in [0.25, 0.3) is 10.8 Å². The van der Waals surface area contributed by atoms with Crippen LogP contribution in [-0.4, -0.2) is 42.9 Å². The Balaban J connectivity index is 1.77. The highest BCUT2D eigenvalue weighted by Crippen LogP contribution is 2.30. The molecule has 4 rings (SSSR count). The van der Waals surface area contributed by atoms with Crippen molar-refractivity contribution in [3.63, 3.8) is 0 Å². The van der Waals surface area contributed by atoms with E-state index in [0.717, 1.165) is 23.7 Å². The summed E-state index contributed by atoms with van der Waals surface area (Å²) in [5.74, 6) is 0. The molecule has 1 aromatic heterocycles. The van der Waals surface area contributed by atoms with E-state index in [1.54, 1.807) is 28.8 Å². The minimum Gasteiger partial charge on any atom is -0.311 e. The largest absolute Gasteiger partial charge is 0.311 e. The van der Waals surface area contributed by atoms with Crippen LogP contribution in [0.2, 0.25) is 0 Å². The van der Waals surface area contributed by atoms with Crippen LogP contribution >= 0.6 is 0 Å². The molecule has 0 aliphatic carbocycles. The molecule has 2 aliphatic heterocycles. The smallest absolute Gasteiger partial charge is 0.243 e. The van der Waals surface area contributed by atoms with Crippen molar-refractivity contribution < 1.29 is 8.42 Å². The summed E-state index contributed by atoms with van der Waals surface area (Å²) in [5.41, 5.74) is 0. The second-order valence-electron chi connectivity index (χ2n) is 5.45. The molecule has 0 saturated carbocycles. The highest BCUT2D eigenvalue weighted by atomic mass is 32.2. The molecule has 20 heavy (non-hydrogen) atoms. The molecular formula is C14H15N3O2S. The van der Waals surface area contributed by atoms with E-state index in [9.17, 15) is 8.42 Å². The lowest BCUT2D eigenvalue weighted by molar-refractivity contribution is 0.349. The summed E-state index contributed by atoms with van der Waals surface area (Å²) in [7, 11) is -3.39. The fourth-order valence-corrected chi connectivity index (χ4v) is 4.89. The van der Waals surface area contributed by atoms with Crippen molar-refractivity contribution in [3.8, 4) is 0 Å². The van der Waals surface area contributed by atoms with Gasteiger partial charge in [-0.1, -0.05) is 6.07 Å². The van der Waals surface area contributed by atoms with Gasteiger partial charge in [0.1, 0.15) is 0 Å². The Morgan fingerprint density at radius 1 is 1.25 bits per heavy atom. The van der Waals surface area contributed by atoms with E-state index in [1.165, 1.54) is 0 Å². The van der Waals surface area contributed by atoms with Crippen LogP contribution in [0.15, 0.2) is 41.6 Å². The number of piperazine rings is 1. The van der Waals surface area contributed by atoms with Crippen molar-refractivity contribution in [3.05, 3.63) is 36.7 Å². The van der Waals surface area contributed by atoms with Gasteiger partial charge in [0.05, 0.1) is 4.90 Å². The molecule has 0 spiro atoms. The first-order chi connectivity index (χ1) is 9.64. The Morgan fingerprint density at radius 3 is 2.90 bits per heavy atom. The fraction of sp³-hybridized carbons (Fsp3) is 0.357. The predicted octanol–water partition coefficient (Wildman–Crippen LogP) is 0.970. The number of hydrogen-bond acceptors (Lipinski definition) is 4. The highest BCUT2D eigenvalue weighted by molar-refractivity contribution is 7.89. The number of nitrogens with zero attached hydrogens (tertiary/aromatic N) is 2. The average molecular weight is 289 g/mol. The van der Waals surface area contributed by atoms with E-state index < -0.39 is 10.0 Å². The summed E-state index contributed by atoms with van der Waals surface area (Å²) in [6.07, 6.45) is 4.35. The molecule has 0 radical (unpaired) electrons. The molecule has 6 heteroatoms. The molecule has 2 aromatic rings. The lowest BCUT2D eigenvalue weighted by Gasteiger charge is -2.26. The number of pyridine rings is 1. The van der Waals surface area contributed by atoms with Crippen LogP contribution in [0.4, 0.5) is 0 Å². The van der Waals surface area contributed by atoms with Gasteiger partial charge in [-0.3, -0.25) is 4.98 Å². The minimum atomic E-state index is -3.39. The fourth-order valence-electron chi connectivity index (χ4n) is 3.17. The summed E-state index contributed by atoms with van der Waals surface area (Å²) in [6, 6.07) is 7.51. The zero-order valence-electron chi connectivity index (χ0n) is 10.9. The Kier molecular flexibility index (Phi) is 2.60. The number of sulfonamides is 1. The lowest BCUT2D eigenvalue weighted by Crippen LogP contribution is -2.46. The first kappa shape index (κ1) is 12.3. The van der Waals surface area contributed by atoms with Gasteiger partial charge in [0, 0.05) is 43.0 Å². The zero-order chi connectivity index (χ0) is 13.7. The molecule has 2 aliphatic rings. The van der Waals surface area contributed by atoms with Gasteiger partial charge in [0.2, 0.25) is 10.0 Å². The summed E-state index contributed by atoms with van der Waals surface area (Å²) in [6.45, 7) is 1.35. The molecule has 104 valence electrons. The Hall–Kier alpha value is -1.50. The molecule has 5 nitrogen and oxygen atoms in total. The molecule has 3 heterocycles. The SMILES string of the molecule is O=S(=O)(c1ccc2cnccc2c1)N1C[C@H]2C[C@@H]1CN2. The van der Waals surface area contributed by atoms with Crippen LogP contribution in [-0.2, 0) is 10.0 Å². The number of rotatable bonds is 2. The minimum absolute atomic E-state index is 0.109. The van der Waals surface area contributed by atoms with Crippen LogP contribution in [0, 0.1) is 0 Å². The first-order valence-corrected chi connectivity index (χ1v) is 8.17. The summed E-state index contributed by atoms with van der Waals surface area (Å²) in [4.78, 5) is 4.42. The first-order valence-electron chi connectivity index (χ1n) is 6.73. The predicted molar refractivity (Wildman–Crippen MR) is 75.8 cm³/mol. The van der Waals surface area contributed by atoms with Crippen molar-refractivity contribution in [2.24, 2.45) is 0 Å². The van der Waals surface area contributed by atoms with Crippen molar-refractivity contribution >= 4 is 20.8 Å². The van der Waals surface area contributed by atoms with Gasteiger partial charge in [0.25, 0.3) is 0 Å². The van der Waals surface area contributed by atoms with Crippen molar-refractivity contribution in [1.82, 2.24) is 14.6 Å². The van der Waals surface area contributed by atoms with E-state index in [1.807, 2.05) is 12.1 Å². The molecule has 2 fully saturated rings. The van der Waals surface area contributed by atoms with Crippen LogP contribution in [0.1, 0.15) is 6.42 Å². The normalized spacial score (nSPS) is 26.4. The molecular weight excluding hydrogens is 274 g/mol. The van der Waals surface area contributed by atoms with E-state index >= 15 is 0 Å². The lowest BCUT2D eigenvalue weighted by atomic mass is 10.2. The Labute approximate surface area is 117 Å². The van der Waals surface area contributed by atoms with Gasteiger partial charge in [-0.2, -0.15) is 4.31 Å². The highest BCUT2D eigenvalue weighted by Gasteiger charge is 2.44. The number of benzene rings is 1. The van der Waals surface area contributed by atoms with Gasteiger partial charge in [0.15, 0.2) is 0 Å². The third kappa shape index (κ3) is 1.76. The molecule has 1 aromatic carbocycles. The van der Waals surface area contributed by atoms with Crippen molar-refractivity contribution in [1.29, 1.82) is 0 Å². The quantitative estimate of drug-likeness (QED) is 0.895. The van der Waals surface area contributed by atoms with E-state index in [0.29, 0.717) is 17.5 Å². The number of aromatic nitrogens is 1. The van der Waals surface area contributed by atoms with Crippen LogP contribution in [0.3, 0.4) is 0 Å². The molecule has 0 unspecified atom stereocenters. The van der Waals surface area contributed by atoms with Crippen LogP contribution < -0.4 is 5.32 Å². The number of nitrogens with one attached hydrogen (secondary N) is 1. The van der Waals surface area contributed by atoms with E-state index in [-0.39, 0.29) is 6.04 Å². The summed E-state index contributed by atoms with van der Waals surface area (Å²) in [5, 5.41) is 5.19.